The van der Waals surface area contributed by atoms with E-state index in [-0.39, 0.29) is 6.61 Å². The zero-order valence-electron chi connectivity index (χ0n) is 18.3. The van der Waals surface area contributed by atoms with Gasteiger partial charge >= 0.3 is 5.97 Å². The summed E-state index contributed by atoms with van der Waals surface area (Å²) in [6, 6.07) is 9.53. The van der Waals surface area contributed by atoms with E-state index in [0.29, 0.717) is 35.1 Å². The number of ether oxygens (including phenoxy) is 4. The summed E-state index contributed by atoms with van der Waals surface area (Å²) in [6.45, 7) is -0.783. The van der Waals surface area contributed by atoms with E-state index in [9.17, 15) is 14.0 Å². The summed E-state index contributed by atoms with van der Waals surface area (Å²) in [7, 11) is 4.42. The number of fused-ring (bicyclic) bond motifs is 3. The third kappa shape index (κ3) is 4.37. The highest BCUT2D eigenvalue weighted by atomic mass is 19.1. The number of carbonyl (C=O) groups is 2. The first-order chi connectivity index (χ1) is 15.9. The Hall–Kier alpha value is -3.92. The van der Waals surface area contributed by atoms with Crippen LogP contribution in [0.25, 0.3) is 11.3 Å². The molecule has 3 aromatic rings. The Kier molecular flexibility index (Phi) is 6.27. The van der Waals surface area contributed by atoms with E-state index in [1.165, 1.54) is 31.0 Å². The van der Waals surface area contributed by atoms with Crippen LogP contribution in [0.2, 0.25) is 0 Å². The summed E-state index contributed by atoms with van der Waals surface area (Å²) >= 11 is 0. The number of hydrogen-bond donors (Lipinski definition) is 1. The van der Waals surface area contributed by atoms with Gasteiger partial charge in [-0.15, -0.1) is 5.10 Å². The SMILES string of the molecule is COCC(=O)OCC(=O)n1nc(Nc2cccc(F)c2)c2c1-c1cc(OC)c(OC)cc1C2. The number of esters is 1. The lowest BCUT2D eigenvalue weighted by Gasteiger charge is -2.12. The highest BCUT2D eigenvalue weighted by molar-refractivity contribution is 5.92. The number of halogens is 1. The molecule has 4 rings (SSSR count). The molecule has 0 fully saturated rings. The fourth-order valence-corrected chi connectivity index (χ4v) is 3.72. The predicted octanol–water partition coefficient (Wildman–Crippen LogP) is 3.18. The first-order valence-electron chi connectivity index (χ1n) is 10.0. The number of rotatable bonds is 8. The van der Waals surface area contributed by atoms with Gasteiger partial charge in [-0.25, -0.2) is 9.18 Å². The molecular weight excluding hydrogens is 433 g/mol. The summed E-state index contributed by atoms with van der Waals surface area (Å²) < 4.78 is 35.4. The topological polar surface area (TPSA) is 101 Å². The summed E-state index contributed by atoms with van der Waals surface area (Å²) in [5.41, 5.74) is 3.39. The van der Waals surface area contributed by atoms with Crippen molar-refractivity contribution in [1.29, 1.82) is 0 Å². The van der Waals surface area contributed by atoms with Crippen molar-refractivity contribution in [2.45, 2.75) is 6.42 Å². The van der Waals surface area contributed by atoms with Crippen LogP contribution in [-0.4, -0.2) is 56.2 Å². The molecule has 0 radical (unpaired) electrons. The Morgan fingerprint density at radius 1 is 1.09 bits per heavy atom. The van der Waals surface area contributed by atoms with Crippen LogP contribution in [0.3, 0.4) is 0 Å². The number of nitrogens with one attached hydrogen (secondary N) is 1. The largest absolute Gasteiger partial charge is 0.493 e. The molecule has 9 nitrogen and oxygen atoms in total. The Balaban J connectivity index is 1.75. The molecule has 1 heterocycles. The van der Waals surface area contributed by atoms with Crippen LogP contribution in [0.15, 0.2) is 36.4 Å². The van der Waals surface area contributed by atoms with E-state index >= 15 is 0 Å². The second-order valence-electron chi connectivity index (χ2n) is 7.25. The van der Waals surface area contributed by atoms with E-state index in [4.69, 9.17) is 18.9 Å². The Morgan fingerprint density at radius 3 is 2.55 bits per heavy atom. The van der Waals surface area contributed by atoms with Crippen molar-refractivity contribution in [3.05, 3.63) is 53.3 Å². The Bertz CT molecular complexity index is 1220. The molecule has 1 aliphatic rings. The summed E-state index contributed by atoms with van der Waals surface area (Å²) in [4.78, 5) is 24.6. The molecule has 0 spiro atoms. The number of methoxy groups -OCH3 is 3. The van der Waals surface area contributed by atoms with Gasteiger partial charge in [-0.2, -0.15) is 4.68 Å². The monoisotopic (exact) mass is 455 g/mol. The minimum absolute atomic E-state index is 0.267. The smallest absolute Gasteiger partial charge is 0.332 e. The standard InChI is InChI=1S/C23H22FN3O6/c1-30-12-21(29)33-11-20(28)27-22-16-10-19(32-3)18(31-2)8-13(16)7-17(22)23(26-27)25-15-6-4-5-14(24)9-15/h4-6,8-10H,7,11-12H2,1-3H3,(H,25,26). The van der Waals surface area contributed by atoms with E-state index < -0.39 is 24.3 Å². The van der Waals surface area contributed by atoms with Crippen LogP contribution in [0.1, 0.15) is 15.9 Å². The van der Waals surface area contributed by atoms with Gasteiger partial charge in [0.1, 0.15) is 12.4 Å². The van der Waals surface area contributed by atoms with Gasteiger partial charge in [0.15, 0.2) is 23.9 Å². The Labute approximate surface area is 189 Å². The molecule has 0 atom stereocenters. The van der Waals surface area contributed by atoms with Crippen molar-refractivity contribution in [2.75, 3.05) is 39.9 Å². The van der Waals surface area contributed by atoms with Crippen LogP contribution in [-0.2, 0) is 20.7 Å². The number of hydrogen-bond acceptors (Lipinski definition) is 8. The van der Waals surface area contributed by atoms with Gasteiger partial charge in [0.05, 0.1) is 19.9 Å². The molecule has 10 heteroatoms. The third-order valence-electron chi connectivity index (χ3n) is 5.16. The van der Waals surface area contributed by atoms with Crippen LogP contribution < -0.4 is 14.8 Å². The van der Waals surface area contributed by atoms with E-state index in [0.717, 1.165) is 16.7 Å². The minimum atomic E-state index is -0.667. The van der Waals surface area contributed by atoms with Gasteiger partial charge in [0, 0.05) is 30.3 Å². The normalized spacial score (nSPS) is 11.5. The summed E-state index contributed by atoms with van der Waals surface area (Å²) in [5, 5.41) is 7.50. The molecule has 0 bridgehead atoms. The van der Waals surface area contributed by atoms with Crippen LogP contribution in [0, 0.1) is 5.82 Å². The first-order valence-corrected chi connectivity index (χ1v) is 10.0. The van der Waals surface area contributed by atoms with E-state index in [1.807, 2.05) is 6.07 Å². The molecule has 172 valence electrons. The quantitative estimate of drug-likeness (QED) is 0.405. The molecule has 33 heavy (non-hydrogen) atoms. The first kappa shape index (κ1) is 22.3. The van der Waals surface area contributed by atoms with E-state index in [1.54, 1.807) is 25.3 Å². The number of nitrogens with zero attached hydrogens (tertiary/aromatic N) is 2. The fourth-order valence-electron chi connectivity index (χ4n) is 3.72. The number of aromatic nitrogens is 2. The highest BCUT2D eigenvalue weighted by Gasteiger charge is 2.32. The number of benzene rings is 2. The Morgan fingerprint density at radius 2 is 1.85 bits per heavy atom. The van der Waals surface area contributed by atoms with E-state index in [2.05, 4.69) is 10.4 Å². The zero-order valence-corrected chi connectivity index (χ0v) is 18.3. The van der Waals surface area contributed by atoms with Crippen LogP contribution in [0.5, 0.6) is 11.5 Å². The van der Waals surface area contributed by atoms with Crippen LogP contribution in [0.4, 0.5) is 15.9 Å². The zero-order chi connectivity index (χ0) is 23.5. The second kappa shape index (κ2) is 9.29. The second-order valence-corrected chi connectivity index (χ2v) is 7.25. The highest BCUT2D eigenvalue weighted by Crippen LogP contribution is 2.45. The molecule has 0 saturated heterocycles. The molecule has 0 unspecified atom stereocenters. The lowest BCUT2D eigenvalue weighted by atomic mass is 10.1. The molecule has 0 amide bonds. The third-order valence-corrected chi connectivity index (χ3v) is 5.16. The summed E-state index contributed by atoms with van der Waals surface area (Å²) in [5.74, 6) is -0.183. The van der Waals surface area contributed by atoms with Crippen molar-refractivity contribution >= 4 is 23.4 Å². The minimum Gasteiger partial charge on any atom is -0.493 e. The summed E-state index contributed by atoms with van der Waals surface area (Å²) in [6.07, 6.45) is 0.458. The van der Waals surface area contributed by atoms with Crippen molar-refractivity contribution in [1.82, 2.24) is 9.78 Å². The van der Waals surface area contributed by atoms with Gasteiger partial charge in [-0.1, -0.05) is 6.07 Å². The van der Waals surface area contributed by atoms with Crippen molar-refractivity contribution in [2.24, 2.45) is 0 Å². The molecule has 0 aliphatic heterocycles. The average molecular weight is 455 g/mol. The molecule has 2 aromatic carbocycles. The van der Waals surface area contributed by atoms with Crippen molar-refractivity contribution < 1.29 is 32.9 Å². The average Bonchev–Trinajstić information content (AvgIpc) is 3.34. The molecule has 1 aliphatic carbocycles. The maximum Gasteiger partial charge on any atom is 0.332 e. The molecule has 1 N–H and O–H groups in total. The van der Waals surface area contributed by atoms with Crippen LogP contribution >= 0.6 is 0 Å². The van der Waals surface area contributed by atoms with Gasteiger partial charge in [0.2, 0.25) is 0 Å². The van der Waals surface area contributed by atoms with Gasteiger partial charge < -0.3 is 24.3 Å². The van der Waals surface area contributed by atoms with Gasteiger partial charge in [-0.3, -0.25) is 4.79 Å². The maximum absolute atomic E-state index is 13.7. The van der Waals surface area contributed by atoms with Gasteiger partial charge in [0.25, 0.3) is 5.91 Å². The molecule has 0 saturated carbocycles. The number of carbonyl (C=O) groups excluding carboxylic acids is 2. The fraction of sp³-hybridized carbons (Fsp3) is 0.261. The number of anilines is 2. The maximum atomic E-state index is 13.7. The lowest BCUT2D eigenvalue weighted by Crippen LogP contribution is -2.23. The lowest BCUT2D eigenvalue weighted by molar-refractivity contribution is -0.146. The van der Waals surface area contributed by atoms with Gasteiger partial charge in [-0.05, 0) is 35.9 Å². The van der Waals surface area contributed by atoms with Crippen molar-refractivity contribution in [3.8, 4) is 22.8 Å². The van der Waals surface area contributed by atoms with Crippen molar-refractivity contribution in [3.63, 3.8) is 0 Å². The predicted molar refractivity (Wildman–Crippen MR) is 117 cm³/mol. The molecular formula is C23H22FN3O6. The molecule has 1 aromatic heterocycles.